The Morgan fingerprint density at radius 2 is 1.93 bits per heavy atom. The molecule has 2 N–H and O–H groups in total. The second-order valence-corrected chi connectivity index (χ2v) is 8.83. The molecule has 1 saturated carbocycles. The van der Waals surface area contributed by atoms with Crippen LogP contribution in [0.3, 0.4) is 0 Å². The largest absolute Gasteiger partial charge is 0.387 e. The quantitative estimate of drug-likeness (QED) is 0.496. The molecular weight excluding hydrogens is 379 g/mol. The maximum Gasteiger partial charge on any atom is 0.209 e. The number of nitrogens with one attached hydrogen (secondary N) is 1. The molecule has 2 aliphatic rings. The zero-order chi connectivity index (χ0) is 21.4. The van der Waals surface area contributed by atoms with Gasteiger partial charge in [-0.15, -0.1) is 0 Å². The summed E-state index contributed by atoms with van der Waals surface area (Å²) in [6.45, 7) is 6.11. The number of carbonyl (C=O) groups is 1. The van der Waals surface area contributed by atoms with Crippen molar-refractivity contribution in [3.05, 3.63) is 76.8 Å². The molecule has 1 fully saturated rings. The molecule has 5 rings (SSSR count). The second-order valence-electron chi connectivity index (χ2n) is 8.83. The number of ketones is 1. The Morgan fingerprint density at radius 1 is 1.20 bits per heavy atom. The van der Waals surface area contributed by atoms with E-state index in [0.29, 0.717) is 16.5 Å². The van der Waals surface area contributed by atoms with Crippen molar-refractivity contribution in [3.8, 4) is 0 Å². The first kappa shape index (κ1) is 18.9. The van der Waals surface area contributed by atoms with E-state index in [1.165, 1.54) is 17.7 Å². The molecule has 0 saturated heterocycles. The number of aromatic nitrogens is 1. The summed E-state index contributed by atoms with van der Waals surface area (Å²) in [6, 6.07) is 12.7. The summed E-state index contributed by atoms with van der Waals surface area (Å²) in [5, 5.41) is 11.6. The van der Waals surface area contributed by atoms with Crippen LogP contribution in [-0.4, -0.2) is 39.3 Å². The number of H-pyrrole nitrogens is 1. The van der Waals surface area contributed by atoms with Gasteiger partial charge in [-0.1, -0.05) is 18.2 Å². The van der Waals surface area contributed by atoms with Gasteiger partial charge in [0.1, 0.15) is 12.9 Å². The van der Waals surface area contributed by atoms with Crippen molar-refractivity contribution in [3.63, 3.8) is 0 Å². The number of aliphatic hydroxyl groups is 1. The number of benzene rings is 2. The van der Waals surface area contributed by atoms with Crippen LogP contribution in [0.5, 0.6) is 0 Å². The average molecular weight is 403 g/mol. The summed E-state index contributed by atoms with van der Waals surface area (Å²) in [5.41, 5.74) is 5.65. The van der Waals surface area contributed by atoms with E-state index in [0.717, 1.165) is 22.6 Å². The minimum atomic E-state index is -0.918. The standard InChI is InChI=1S/C25H23FN2O2/c1-13-21(15-11-14(26)9-10-18(15)27-13)22-23(29)16(24(22)30)12-20-25(2,3)17-7-5-6-8-19(17)28(20)4/h5-12,22-23,29H,1-4H3/p+1. The lowest BCUT2D eigenvalue weighted by Gasteiger charge is -2.34. The van der Waals surface area contributed by atoms with Gasteiger partial charge in [0.2, 0.25) is 5.69 Å². The second kappa shape index (κ2) is 6.22. The molecule has 2 aromatic carbocycles. The Kier molecular flexibility index (Phi) is 3.93. The van der Waals surface area contributed by atoms with Gasteiger partial charge in [-0.3, -0.25) is 4.79 Å². The monoisotopic (exact) mass is 403 g/mol. The third-order valence-corrected chi connectivity index (χ3v) is 6.74. The molecule has 2 heterocycles. The minimum absolute atomic E-state index is 0.108. The Balaban J connectivity index is 1.56. The molecule has 1 aliphatic heterocycles. The third kappa shape index (κ3) is 2.42. The van der Waals surface area contributed by atoms with E-state index in [-0.39, 0.29) is 17.0 Å². The number of Topliss-reactive ketones (excluding diaryl/α,β-unsaturated/α-hetero) is 1. The molecule has 5 heteroatoms. The molecule has 2 atom stereocenters. The SMILES string of the molecule is Cc1[nH]c2ccc(F)cc2c1C1C(=O)C(=CC2=[N+](C)c3ccccc3C2(C)C)C1O. The van der Waals surface area contributed by atoms with Crippen LogP contribution in [0.1, 0.15) is 36.6 Å². The van der Waals surface area contributed by atoms with Gasteiger partial charge in [0.25, 0.3) is 0 Å². The lowest BCUT2D eigenvalue weighted by atomic mass is 9.69. The molecule has 30 heavy (non-hydrogen) atoms. The molecule has 3 aromatic rings. The minimum Gasteiger partial charge on any atom is -0.387 e. The highest BCUT2D eigenvalue weighted by molar-refractivity contribution is 6.16. The number of hydrogen-bond donors (Lipinski definition) is 2. The highest BCUT2D eigenvalue weighted by Gasteiger charge is 2.50. The number of allylic oxidation sites excluding steroid dienone is 1. The van der Waals surface area contributed by atoms with Crippen LogP contribution in [0.15, 0.2) is 54.1 Å². The summed E-state index contributed by atoms with van der Waals surface area (Å²) in [6.07, 6.45) is 0.924. The average Bonchev–Trinajstić information content (AvgIpc) is 3.12. The van der Waals surface area contributed by atoms with Crippen molar-refractivity contribution in [2.24, 2.45) is 0 Å². The van der Waals surface area contributed by atoms with E-state index in [9.17, 15) is 14.3 Å². The van der Waals surface area contributed by atoms with E-state index in [2.05, 4.69) is 35.5 Å². The molecule has 1 aliphatic carbocycles. The van der Waals surface area contributed by atoms with Gasteiger partial charge in [0, 0.05) is 39.9 Å². The maximum absolute atomic E-state index is 13.8. The highest BCUT2D eigenvalue weighted by Crippen LogP contribution is 2.45. The summed E-state index contributed by atoms with van der Waals surface area (Å²) >= 11 is 0. The van der Waals surface area contributed by atoms with Crippen LogP contribution >= 0.6 is 0 Å². The fourth-order valence-electron chi connectivity index (χ4n) is 5.12. The van der Waals surface area contributed by atoms with Gasteiger partial charge in [-0.25, -0.2) is 4.39 Å². The molecule has 0 spiro atoms. The first-order valence-electron chi connectivity index (χ1n) is 10.1. The molecule has 0 radical (unpaired) electrons. The van der Waals surface area contributed by atoms with Crippen molar-refractivity contribution >= 4 is 28.1 Å². The van der Waals surface area contributed by atoms with Crippen LogP contribution in [0.2, 0.25) is 0 Å². The number of hydrogen-bond acceptors (Lipinski definition) is 2. The van der Waals surface area contributed by atoms with Crippen LogP contribution in [0.4, 0.5) is 10.1 Å². The first-order valence-corrected chi connectivity index (χ1v) is 10.1. The van der Waals surface area contributed by atoms with E-state index in [1.807, 2.05) is 32.2 Å². The normalized spacial score (nSPS) is 23.9. The zero-order valence-corrected chi connectivity index (χ0v) is 17.5. The number of nitrogens with zero attached hydrogens (tertiary/aromatic N) is 1. The van der Waals surface area contributed by atoms with Crippen LogP contribution < -0.4 is 0 Å². The fourth-order valence-corrected chi connectivity index (χ4v) is 5.12. The topological polar surface area (TPSA) is 56.1 Å². The fraction of sp³-hybridized carbons (Fsp3) is 0.280. The van der Waals surface area contributed by atoms with Gasteiger partial charge in [-0.05, 0) is 44.5 Å². The smallest absolute Gasteiger partial charge is 0.209 e. The van der Waals surface area contributed by atoms with Gasteiger partial charge in [0.15, 0.2) is 11.5 Å². The van der Waals surface area contributed by atoms with Crippen LogP contribution in [0.25, 0.3) is 10.9 Å². The van der Waals surface area contributed by atoms with Crippen molar-refractivity contribution in [2.45, 2.75) is 38.2 Å². The number of aliphatic hydroxyl groups excluding tert-OH is 1. The van der Waals surface area contributed by atoms with Gasteiger partial charge in [0.05, 0.1) is 17.4 Å². The lowest BCUT2D eigenvalue weighted by Crippen LogP contribution is -2.44. The number of halogens is 1. The van der Waals surface area contributed by atoms with Crippen molar-refractivity contribution in [1.82, 2.24) is 4.98 Å². The highest BCUT2D eigenvalue weighted by atomic mass is 19.1. The van der Waals surface area contributed by atoms with Gasteiger partial charge in [-0.2, -0.15) is 4.58 Å². The molecule has 1 aromatic heterocycles. The van der Waals surface area contributed by atoms with E-state index in [1.54, 1.807) is 6.07 Å². The molecule has 0 amide bonds. The Labute approximate surface area is 174 Å². The Bertz CT molecular complexity index is 1300. The van der Waals surface area contributed by atoms with Crippen molar-refractivity contribution < 1.29 is 18.9 Å². The summed E-state index contributed by atoms with van der Waals surface area (Å²) in [5.74, 6) is -1.14. The Morgan fingerprint density at radius 3 is 2.63 bits per heavy atom. The van der Waals surface area contributed by atoms with Gasteiger partial charge >= 0.3 is 0 Å². The third-order valence-electron chi connectivity index (χ3n) is 6.74. The number of aryl methyl sites for hydroxylation is 1. The molecular formula is C25H24FN2O2+. The lowest BCUT2D eigenvalue weighted by molar-refractivity contribution is -0.401. The number of fused-ring (bicyclic) bond motifs is 2. The van der Waals surface area contributed by atoms with Crippen LogP contribution in [-0.2, 0) is 10.2 Å². The summed E-state index contributed by atoms with van der Waals surface area (Å²) < 4.78 is 15.9. The molecule has 0 bridgehead atoms. The van der Waals surface area contributed by atoms with Gasteiger partial charge < -0.3 is 10.1 Å². The van der Waals surface area contributed by atoms with Crippen molar-refractivity contribution in [2.75, 3.05) is 7.05 Å². The Hall–Kier alpha value is -3.05. The van der Waals surface area contributed by atoms with E-state index < -0.39 is 12.0 Å². The van der Waals surface area contributed by atoms with Crippen molar-refractivity contribution in [1.29, 1.82) is 0 Å². The molecule has 2 unspecified atom stereocenters. The number of carbonyl (C=O) groups excluding carboxylic acids is 1. The van der Waals surface area contributed by atoms with Crippen LogP contribution in [0, 0.1) is 12.7 Å². The number of aromatic amines is 1. The predicted octanol–water partition coefficient (Wildman–Crippen LogP) is 4.28. The predicted molar refractivity (Wildman–Crippen MR) is 115 cm³/mol. The number of rotatable bonds is 2. The maximum atomic E-state index is 13.8. The molecule has 152 valence electrons. The zero-order valence-electron chi connectivity index (χ0n) is 17.5. The first-order chi connectivity index (χ1) is 14.2. The molecule has 4 nitrogen and oxygen atoms in total. The van der Waals surface area contributed by atoms with E-state index in [4.69, 9.17) is 0 Å². The number of para-hydroxylation sites is 1. The summed E-state index contributed by atoms with van der Waals surface area (Å²) in [4.78, 5) is 16.4. The summed E-state index contributed by atoms with van der Waals surface area (Å²) in [7, 11) is 1.99. The van der Waals surface area contributed by atoms with E-state index >= 15 is 0 Å².